The molecule has 7 nitrogen and oxygen atoms in total. The van der Waals surface area contributed by atoms with Gasteiger partial charge in [0.25, 0.3) is 0 Å². The highest BCUT2D eigenvalue weighted by atomic mass is 19.4. The van der Waals surface area contributed by atoms with Crippen molar-refractivity contribution in [2.45, 2.75) is 52.1 Å². The largest absolute Gasteiger partial charge is 0.573 e. The van der Waals surface area contributed by atoms with Crippen molar-refractivity contribution in [2.75, 3.05) is 13.1 Å². The second-order valence-corrected chi connectivity index (χ2v) is 8.73. The number of carbonyl (C=O) groups excluding carboxylic acids is 1. The molecule has 0 atom stereocenters. The molecule has 3 rings (SSSR count). The lowest BCUT2D eigenvalue weighted by Crippen LogP contribution is -2.42. The van der Waals surface area contributed by atoms with E-state index < -0.39 is 17.7 Å². The smallest absolute Gasteiger partial charge is 0.444 e. The number of hydrogen-bond donors (Lipinski definition) is 0. The van der Waals surface area contributed by atoms with Crippen LogP contribution in [0.15, 0.2) is 30.6 Å². The number of halogens is 3. The molecule has 1 saturated heterocycles. The lowest BCUT2D eigenvalue weighted by molar-refractivity contribution is -0.274. The van der Waals surface area contributed by atoms with E-state index in [1.807, 2.05) is 26.8 Å². The summed E-state index contributed by atoms with van der Waals surface area (Å²) in [5.41, 5.74) is 0.537. The van der Waals surface area contributed by atoms with Crippen molar-refractivity contribution in [3.05, 3.63) is 36.2 Å². The summed E-state index contributed by atoms with van der Waals surface area (Å²) in [5, 5.41) is 13.6. The highest BCUT2D eigenvalue weighted by Crippen LogP contribution is 2.31. The minimum atomic E-state index is -4.82. The number of rotatable bonds is 4. The number of nitriles is 1. The van der Waals surface area contributed by atoms with Crippen LogP contribution in [-0.2, 0) is 11.3 Å². The van der Waals surface area contributed by atoms with Crippen LogP contribution < -0.4 is 4.74 Å². The van der Waals surface area contributed by atoms with E-state index in [0.717, 1.165) is 18.9 Å². The molecule has 2 aromatic rings. The fraction of sp³-hybridized carbons (Fsp3) is 0.500. The van der Waals surface area contributed by atoms with Crippen molar-refractivity contribution in [1.82, 2.24) is 14.7 Å². The van der Waals surface area contributed by atoms with E-state index in [2.05, 4.69) is 9.84 Å². The molecule has 32 heavy (non-hydrogen) atoms. The third kappa shape index (κ3) is 6.39. The van der Waals surface area contributed by atoms with Crippen molar-refractivity contribution < 1.29 is 27.4 Å². The predicted molar refractivity (Wildman–Crippen MR) is 110 cm³/mol. The molecule has 1 amide bonds. The molecular weight excluding hydrogens is 425 g/mol. The minimum absolute atomic E-state index is 0.227. The van der Waals surface area contributed by atoms with Gasteiger partial charge in [-0.15, -0.1) is 13.2 Å². The van der Waals surface area contributed by atoms with Crippen LogP contribution in [0.4, 0.5) is 18.0 Å². The Labute approximate surface area is 184 Å². The first-order valence-corrected chi connectivity index (χ1v) is 10.2. The van der Waals surface area contributed by atoms with Crippen molar-refractivity contribution in [1.29, 1.82) is 5.26 Å². The molecule has 0 saturated carbocycles. The van der Waals surface area contributed by atoms with Gasteiger partial charge in [0, 0.05) is 37.0 Å². The molecule has 0 aliphatic carbocycles. The molecule has 0 spiro atoms. The third-order valence-corrected chi connectivity index (χ3v) is 5.00. The molecule has 0 radical (unpaired) electrons. The SMILES string of the molecule is CC(C)(C)OC(=O)N1CCC(Cn2cc(-c3cc(OC(F)(F)F)ccc3C#N)cn2)CC1. The van der Waals surface area contributed by atoms with Crippen LogP contribution >= 0.6 is 0 Å². The van der Waals surface area contributed by atoms with Gasteiger partial charge in [-0.3, -0.25) is 4.68 Å². The number of carbonyl (C=O) groups is 1. The van der Waals surface area contributed by atoms with E-state index in [1.54, 1.807) is 15.8 Å². The first kappa shape index (κ1) is 23.4. The number of amides is 1. The molecule has 2 heterocycles. The van der Waals surface area contributed by atoms with Crippen molar-refractivity contribution >= 4 is 6.09 Å². The first-order chi connectivity index (χ1) is 14.9. The number of likely N-dealkylation sites (tertiary alicyclic amines) is 1. The monoisotopic (exact) mass is 450 g/mol. The number of alkyl halides is 3. The molecule has 1 aliphatic heterocycles. The van der Waals surface area contributed by atoms with Gasteiger partial charge in [0.05, 0.1) is 17.8 Å². The number of benzene rings is 1. The number of hydrogen-bond acceptors (Lipinski definition) is 5. The second-order valence-electron chi connectivity index (χ2n) is 8.73. The molecule has 1 fully saturated rings. The van der Waals surface area contributed by atoms with Gasteiger partial charge in [-0.2, -0.15) is 10.4 Å². The summed E-state index contributed by atoms with van der Waals surface area (Å²) in [5.74, 6) is -0.106. The topological polar surface area (TPSA) is 80.4 Å². The molecule has 0 unspecified atom stereocenters. The van der Waals surface area contributed by atoms with Gasteiger partial charge in [0.1, 0.15) is 11.4 Å². The van der Waals surface area contributed by atoms with E-state index in [9.17, 15) is 23.2 Å². The Bertz CT molecular complexity index is 997. The summed E-state index contributed by atoms with van der Waals surface area (Å²) in [6.45, 7) is 7.26. The highest BCUT2D eigenvalue weighted by molar-refractivity contribution is 5.71. The van der Waals surface area contributed by atoms with Gasteiger partial charge in [-0.25, -0.2) is 4.79 Å². The summed E-state index contributed by atoms with van der Waals surface area (Å²) < 4.78 is 48.7. The number of nitrogens with zero attached hydrogens (tertiary/aromatic N) is 4. The van der Waals surface area contributed by atoms with Gasteiger partial charge < -0.3 is 14.4 Å². The van der Waals surface area contributed by atoms with Crippen LogP contribution in [0.1, 0.15) is 39.2 Å². The Balaban J connectivity index is 1.64. The zero-order valence-electron chi connectivity index (χ0n) is 18.1. The van der Waals surface area contributed by atoms with Crippen LogP contribution in [0.3, 0.4) is 0 Å². The average Bonchev–Trinajstić information content (AvgIpc) is 3.14. The summed E-state index contributed by atoms with van der Waals surface area (Å²) in [6.07, 6.45) is -0.345. The van der Waals surface area contributed by atoms with Crippen LogP contribution in [0, 0.1) is 17.2 Å². The summed E-state index contributed by atoms with van der Waals surface area (Å²) in [6, 6.07) is 5.57. The Morgan fingerprint density at radius 3 is 2.53 bits per heavy atom. The molecule has 10 heteroatoms. The Hall–Kier alpha value is -3.22. The molecule has 1 aliphatic rings. The van der Waals surface area contributed by atoms with Crippen molar-refractivity contribution in [2.24, 2.45) is 5.92 Å². The number of aromatic nitrogens is 2. The standard InChI is InChI=1S/C22H25F3N4O3/c1-21(2,3)32-20(30)28-8-6-15(7-9-28)13-29-14-17(12-27-29)19-10-18(31-22(23,24)25)5-4-16(19)11-26/h4-5,10,12,14-15H,6-9,13H2,1-3H3. The maximum absolute atomic E-state index is 12.5. The third-order valence-electron chi connectivity index (χ3n) is 5.00. The zero-order valence-corrected chi connectivity index (χ0v) is 18.1. The van der Waals surface area contributed by atoms with Crippen molar-refractivity contribution in [3.8, 4) is 22.9 Å². The molecule has 1 aromatic carbocycles. The number of piperidine rings is 1. The lowest BCUT2D eigenvalue weighted by atomic mass is 9.97. The molecule has 172 valence electrons. The number of ether oxygens (including phenoxy) is 2. The lowest BCUT2D eigenvalue weighted by Gasteiger charge is -2.33. The minimum Gasteiger partial charge on any atom is -0.444 e. The fourth-order valence-electron chi connectivity index (χ4n) is 3.55. The van der Waals surface area contributed by atoms with Gasteiger partial charge >= 0.3 is 12.5 Å². The van der Waals surface area contributed by atoms with Crippen LogP contribution in [0.5, 0.6) is 5.75 Å². The molecular formula is C22H25F3N4O3. The van der Waals surface area contributed by atoms with Crippen LogP contribution in [0.25, 0.3) is 11.1 Å². The Kier molecular flexibility index (Phi) is 6.67. The van der Waals surface area contributed by atoms with Gasteiger partial charge in [-0.05, 0) is 57.7 Å². The Morgan fingerprint density at radius 2 is 1.94 bits per heavy atom. The van der Waals surface area contributed by atoms with E-state index in [4.69, 9.17) is 4.74 Å². The molecule has 0 bridgehead atoms. The first-order valence-electron chi connectivity index (χ1n) is 10.2. The highest BCUT2D eigenvalue weighted by Gasteiger charge is 2.31. The maximum Gasteiger partial charge on any atom is 0.573 e. The van der Waals surface area contributed by atoms with E-state index in [-0.39, 0.29) is 17.6 Å². The summed E-state index contributed by atoms with van der Waals surface area (Å²) in [4.78, 5) is 13.9. The van der Waals surface area contributed by atoms with Crippen LogP contribution in [0.2, 0.25) is 0 Å². The van der Waals surface area contributed by atoms with E-state index in [0.29, 0.717) is 30.8 Å². The molecule has 0 N–H and O–H groups in total. The fourth-order valence-corrected chi connectivity index (χ4v) is 3.55. The maximum atomic E-state index is 12.5. The quantitative estimate of drug-likeness (QED) is 0.657. The second kappa shape index (κ2) is 9.10. The average molecular weight is 450 g/mol. The van der Waals surface area contributed by atoms with Gasteiger partial charge in [0.15, 0.2) is 0 Å². The van der Waals surface area contributed by atoms with Crippen LogP contribution in [-0.4, -0.2) is 45.8 Å². The van der Waals surface area contributed by atoms with Crippen molar-refractivity contribution in [3.63, 3.8) is 0 Å². The van der Waals surface area contributed by atoms with Gasteiger partial charge in [0.2, 0.25) is 0 Å². The molecule has 1 aromatic heterocycles. The summed E-state index contributed by atoms with van der Waals surface area (Å²) >= 11 is 0. The Morgan fingerprint density at radius 1 is 1.25 bits per heavy atom. The normalized spacial score (nSPS) is 15.3. The predicted octanol–water partition coefficient (Wildman–Crippen LogP) is 4.97. The van der Waals surface area contributed by atoms with E-state index >= 15 is 0 Å². The zero-order chi connectivity index (χ0) is 23.5. The summed E-state index contributed by atoms with van der Waals surface area (Å²) in [7, 11) is 0. The van der Waals surface area contributed by atoms with E-state index in [1.165, 1.54) is 18.3 Å². The van der Waals surface area contributed by atoms with Gasteiger partial charge in [-0.1, -0.05) is 0 Å².